The van der Waals surface area contributed by atoms with Crippen LogP contribution in [0.1, 0.15) is 11.1 Å². The van der Waals surface area contributed by atoms with Gasteiger partial charge in [-0.3, -0.25) is 14.6 Å². The number of hydrogen-bond acceptors (Lipinski definition) is 5. The smallest absolute Gasteiger partial charge is 0.292 e. The number of anilines is 1. The first-order chi connectivity index (χ1) is 17.2. The van der Waals surface area contributed by atoms with Gasteiger partial charge in [-0.2, -0.15) is 0 Å². The first-order valence-corrected chi connectivity index (χ1v) is 12.5. The third kappa shape index (κ3) is 4.28. The molecule has 3 aliphatic rings. The van der Waals surface area contributed by atoms with E-state index in [4.69, 9.17) is 9.47 Å². The van der Waals surface area contributed by atoms with E-state index in [9.17, 15) is 4.79 Å². The summed E-state index contributed by atoms with van der Waals surface area (Å²) in [5.41, 5.74) is 5.26. The van der Waals surface area contributed by atoms with Crippen LogP contribution in [0.15, 0.2) is 78.9 Å². The van der Waals surface area contributed by atoms with Gasteiger partial charge in [-0.15, -0.1) is 0 Å². The molecule has 3 aliphatic heterocycles. The van der Waals surface area contributed by atoms with E-state index in [-0.39, 0.29) is 5.91 Å². The lowest BCUT2D eigenvalue weighted by molar-refractivity contribution is -0.180. The van der Waals surface area contributed by atoms with Crippen LogP contribution in [0.25, 0.3) is 11.1 Å². The Balaban J connectivity index is 1.15. The molecule has 3 aromatic rings. The Morgan fingerprint density at radius 2 is 1.37 bits per heavy atom. The van der Waals surface area contributed by atoms with E-state index < -0.39 is 5.79 Å². The van der Waals surface area contributed by atoms with E-state index in [2.05, 4.69) is 64.4 Å². The molecule has 1 spiro atoms. The van der Waals surface area contributed by atoms with Crippen LogP contribution in [0.4, 0.5) is 5.69 Å². The summed E-state index contributed by atoms with van der Waals surface area (Å²) in [6, 6.07) is 27.1. The van der Waals surface area contributed by atoms with E-state index in [0.29, 0.717) is 19.8 Å². The number of benzene rings is 3. The SMILES string of the molecule is O=C1N(CCN2CCN(Cc3ccccc3)CC2)c2ccc(-c3ccccc3)cc2C12OCCO2. The molecule has 2 fully saturated rings. The topological polar surface area (TPSA) is 45.3 Å². The zero-order valence-electron chi connectivity index (χ0n) is 19.9. The van der Waals surface area contributed by atoms with Gasteiger partial charge in [0, 0.05) is 51.4 Å². The summed E-state index contributed by atoms with van der Waals surface area (Å²) in [5.74, 6) is -1.40. The number of rotatable bonds is 6. The minimum Gasteiger partial charge on any atom is -0.336 e. The molecule has 6 rings (SSSR count). The highest BCUT2D eigenvalue weighted by molar-refractivity contribution is 6.06. The normalized spacial score (nSPS) is 20.0. The van der Waals surface area contributed by atoms with Crippen molar-refractivity contribution in [1.29, 1.82) is 0 Å². The van der Waals surface area contributed by atoms with E-state index in [0.717, 1.165) is 61.6 Å². The van der Waals surface area contributed by atoms with Gasteiger partial charge in [-0.1, -0.05) is 66.7 Å². The number of fused-ring (bicyclic) bond motifs is 2. The highest BCUT2D eigenvalue weighted by Crippen LogP contribution is 2.47. The van der Waals surface area contributed by atoms with E-state index in [1.165, 1.54) is 5.56 Å². The van der Waals surface area contributed by atoms with Gasteiger partial charge in [0.1, 0.15) is 0 Å². The number of hydrogen-bond donors (Lipinski definition) is 0. The summed E-state index contributed by atoms with van der Waals surface area (Å²) in [6.45, 7) is 7.40. The van der Waals surface area contributed by atoms with Crippen LogP contribution in [0.2, 0.25) is 0 Å². The van der Waals surface area contributed by atoms with Gasteiger partial charge >= 0.3 is 0 Å². The molecule has 0 saturated carbocycles. The number of carbonyl (C=O) groups is 1. The average molecular weight is 470 g/mol. The van der Waals surface area contributed by atoms with Crippen molar-refractivity contribution < 1.29 is 14.3 Å². The summed E-state index contributed by atoms with van der Waals surface area (Å²) in [5, 5.41) is 0. The number of nitrogens with zero attached hydrogens (tertiary/aromatic N) is 3. The van der Waals surface area contributed by atoms with Crippen LogP contribution in [-0.4, -0.2) is 68.2 Å². The molecule has 3 heterocycles. The number of carbonyl (C=O) groups excluding carboxylic acids is 1. The molecule has 6 heteroatoms. The van der Waals surface area contributed by atoms with E-state index in [1.807, 2.05) is 29.2 Å². The first kappa shape index (κ1) is 22.4. The second kappa shape index (κ2) is 9.55. The first-order valence-electron chi connectivity index (χ1n) is 12.5. The predicted octanol–water partition coefficient (Wildman–Crippen LogP) is 3.72. The molecule has 180 valence electrons. The van der Waals surface area contributed by atoms with Crippen molar-refractivity contribution in [2.45, 2.75) is 12.3 Å². The van der Waals surface area contributed by atoms with Crippen molar-refractivity contribution in [3.05, 3.63) is 90.0 Å². The van der Waals surface area contributed by atoms with Gasteiger partial charge in [0.25, 0.3) is 11.7 Å². The molecule has 0 aliphatic carbocycles. The monoisotopic (exact) mass is 469 g/mol. The number of amides is 1. The Morgan fingerprint density at radius 1 is 0.714 bits per heavy atom. The Hall–Kier alpha value is -3.03. The van der Waals surface area contributed by atoms with Crippen molar-refractivity contribution in [3.63, 3.8) is 0 Å². The summed E-state index contributed by atoms with van der Waals surface area (Å²) in [4.78, 5) is 20.4. The molecule has 0 radical (unpaired) electrons. The second-order valence-corrected chi connectivity index (χ2v) is 9.47. The van der Waals surface area contributed by atoms with Gasteiger partial charge in [-0.25, -0.2) is 0 Å². The molecule has 0 unspecified atom stereocenters. The maximum absolute atomic E-state index is 13.6. The lowest BCUT2D eigenvalue weighted by Crippen LogP contribution is -2.49. The molecule has 0 bridgehead atoms. The van der Waals surface area contributed by atoms with Crippen LogP contribution in [-0.2, 0) is 26.6 Å². The highest BCUT2D eigenvalue weighted by Gasteiger charge is 2.56. The Morgan fingerprint density at radius 3 is 2.09 bits per heavy atom. The quantitative estimate of drug-likeness (QED) is 0.551. The third-order valence-electron chi connectivity index (χ3n) is 7.32. The van der Waals surface area contributed by atoms with Gasteiger partial charge in [-0.05, 0) is 28.8 Å². The molecule has 6 nitrogen and oxygen atoms in total. The van der Waals surface area contributed by atoms with Crippen molar-refractivity contribution in [2.75, 3.05) is 57.4 Å². The fourth-order valence-electron chi connectivity index (χ4n) is 5.41. The van der Waals surface area contributed by atoms with Crippen LogP contribution >= 0.6 is 0 Å². The predicted molar refractivity (Wildman–Crippen MR) is 136 cm³/mol. The summed E-state index contributed by atoms with van der Waals surface area (Å²) in [6.07, 6.45) is 0. The van der Waals surface area contributed by atoms with Crippen molar-refractivity contribution in [2.24, 2.45) is 0 Å². The van der Waals surface area contributed by atoms with Gasteiger partial charge < -0.3 is 14.4 Å². The average Bonchev–Trinajstić information content (AvgIpc) is 3.49. The number of ether oxygens (including phenoxy) is 2. The molecule has 0 atom stereocenters. The van der Waals surface area contributed by atoms with Crippen LogP contribution in [0.3, 0.4) is 0 Å². The van der Waals surface area contributed by atoms with Crippen molar-refractivity contribution in [3.8, 4) is 11.1 Å². The zero-order valence-corrected chi connectivity index (χ0v) is 19.9. The van der Waals surface area contributed by atoms with E-state index in [1.54, 1.807) is 0 Å². The molecular formula is C29H31N3O3. The fraction of sp³-hybridized carbons (Fsp3) is 0.345. The van der Waals surface area contributed by atoms with E-state index >= 15 is 0 Å². The van der Waals surface area contributed by atoms with Gasteiger partial charge in [0.15, 0.2) is 0 Å². The summed E-state index contributed by atoms with van der Waals surface area (Å²) >= 11 is 0. The van der Waals surface area contributed by atoms with Crippen molar-refractivity contribution >= 4 is 11.6 Å². The maximum Gasteiger partial charge on any atom is 0.292 e. The minimum atomic E-state index is -1.30. The highest BCUT2D eigenvalue weighted by atomic mass is 16.7. The Bertz CT molecular complexity index is 1170. The lowest BCUT2D eigenvalue weighted by atomic mass is 9.99. The molecule has 1 amide bonds. The molecule has 35 heavy (non-hydrogen) atoms. The van der Waals surface area contributed by atoms with Crippen LogP contribution in [0, 0.1) is 0 Å². The number of piperazine rings is 1. The third-order valence-corrected chi connectivity index (χ3v) is 7.32. The van der Waals surface area contributed by atoms with Gasteiger partial charge in [0.2, 0.25) is 0 Å². The Labute approximate surface area is 206 Å². The standard InChI is InChI=1S/C29H31N3O3/c33-28-29(34-19-20-35-29)26-21-25(24-9-5-2-6-10-24)11-12-27(26)32(28)18-17-30-13-15-31(16-14-30)22-23-7-3-1-4-8-23/h1-12,21H,13-20,22H2. The zero-order chi connectivity index (χ0) is 23.7. The second-order valence-electron chi connectivity index (χ2n) is 9.47. The molecule has 3 aromatic carbocycles. The molecule has 0 N–H and O–H groups in total. The van der Waals surface area contributed by atoms with Crippen molar-refractivity contribution in [1.82, 2.24) is 9.80 Å². The lowest BCUT2D eigenvalue weighted by Gasteiger charge is -2.35. The molecular weight excluding hydrogens is 438 g/mol. The Kier molecular flexibility index (Phi) is 6.12. The fourth-order valence-corrected chi connectivity index (χ4v) is 5.41. The summed E-state index contributed by atoms with van der Waals surface area (Å²) in [7, 11) is 0. The molecule has 0 aromatic heterocycles. The largest absolute Gasteiger partial charge is 0.336 e. The maximum atomic E-state index is 13.6. The van der Waals surface area contributed by atoms with Crippen LogP contribution in [0.5, 0.6) is 0 Å². The molecule has 2 saturated heterocycles. The summed E-state index contributed by atoms with van der Waals surface area (Å²) < 4.78 is 12.0. The minimum absolute atomic E-state index is 0.0991. The van der Waals surface area contributed by atoms with Gasteiger partial charge in [0.05, 0.1) is 18.9 Å². The van der Waals surface area contributed by atoms with Crippen LogP contribution < -0.4 is 4.90 Å².